The van der Waals surface area contributed by atoms with E-state index in [1.54, 1.807) is 35.2 Å². The van der Waals surface area contributed by atoms with Crippen LogP contribution in [0.1, 0.15) is 25.8 Å². The minimum Gasteiger partial charge on any atom is -0.508 e. The van der Waals surface area contributed by atoms with Crippen molar-refractivity contribution in [3.05, 3.63) is 34.7 Å². The first kappa shape index (κ1) is 14.1. The number of benzene rings is 1. The number of rotatable bonds is 3. The fourth-order valence-corrected chi connectivity index (χ4v) is 3.23. The highest BCUT2D eigenvalue weighted by molar-refractivity contribution is 8.26. The fourth-order valence-electron chi connectivity index (χ4n) is 1.76. The van der Waals surface area contributed by atoms with E-state index in [0.29, 0.717) is 9.23 Å². The Bertz CT molecular complexity index is 537. The lowest BCUT2D eigenvalue weighted by Gasteiger charge is -2.21. The summed E-state index contributed by atoms with van der Waals surface area (Å²) in [6.07, 6.45) is 2.68. The first-order valence-electron chi connectivity index (χ1n) is 6.09. The third-order valence-electron chi connectivity index (χ3n) is 3.05. The Morgan fingerprint density at radius 3 is 2.63 bits per heavy atom. The standard InChI is InChI=1S/C14H15NO2S2/c1-3-9(2)15-13(17)12(19-14(15)18)8-10-4-6-11(16)7-5-10/h4-9,16H,3H2,1-2H3/b12-8-. The SMILES string of the molecule is CCC(C)N1C(=O)/C(=C/c2ccc(O)cc2)SC1=S. The predicted octanol–water partition coefficient (Wildman–Crippen LogP) is 3.39. The van der Waals surface area contributed by atoms with Gasteiger partial charge in [-0.2, -0.15) is 0 Å². The maximum atomic E-state index is 12.3. The third kappa shape index (κ3) is 2.98. The molecule has 0 radical (unpaired) electrons. The Morgan fingerprint density at radius 2 is 2.05 bits per heavy atom. The van der Waals surface area contributed by atoms with Crippen molar-refractivity contribution in [2.45, 2.75) is 26.3 Å². The molecule has 19 heavy (non-hydrogen) atoms. The van der Waals surface area contributed by atoms with Crippen molar-refractivity contribution in [1.29, 1.82) is 0 Å². The largest absolute Gasteiger partial charge is 0.508 e. The van der Waals surface area contributed by atoms with Crippen molar-refractivity contribution in [1.82, 2.24) is 4.90 Å². The zero-order valence-corrected chi connectivity index (χ0v) is 12.4. The van der Waals surface area contributed by atoms with Gasteiger partial charge in [-0.3, -0.25) is 9.69 Å². The van der Waals surface area contributed by atoms with Gasteiger partial charge in [0, 0.05) is 6.04 Å². The molecule has 1 unspecified atom stereocenters. The molecule has 2 rings (SSSR count). The molecule has 1 N–H and O–H groups in total. The van der Waals surface area contributed by atoms with Gasteiger partial charge in [0.05, 0.1) is 4.91 Å². The van der Waals surface area contributed by atoms with Gasteiger partial charge in [-0.15, -0.1) is 0 Å². The summed E-state index contributed by atoms with van der Waals surface area (Å²) in [6.45, 7) is 4.03. The van der Waals surface area contributed by atoms with E-state index >= 15 is 0 Å². The Labute approximate surface area is 122 Å². The minimum atomic E-state index is -0.0302. The highest BCUT2D eigenvalue weighted by Crippen LogP contribution is 2.34. The van der Waals surface area contributed by atoms with Crippen molar-refractivity contribution in [2.75, 3.05) is 0 Å². The topological polar surface area (TPSA) is 40.5 Å². The molecule has 1 fully saturated rings. The molecule has 1 aliphatic rings. The lowest BCUT2D eigenvalue weighted by Crippen LogP contribution is -2.36. The van der Waals surface area contributed by atoms with E-state index in [-0.39, 0.29) is 17.7 Å². The van der Waals surface area contributed by atoms with Crippen LogP contribution < -0.4 is 0 Å². The summed E-state index contributed by atoms with van der Waals surface area (Å²) in [5.74, 6) is 0.182. The highest BCUT2D eigenvalue weighted by atomic mass is 32.2. The number of carbonyl (C=O) groups is 1. The number of phenols is 1. The van der Waals surface area contributed by atoms with Crippen LogP contribution in [0.25, 0.3) is 6.08 Å². The van der Waals surface area contributed by atoms with Crippen molar-refractivity contribution < 1.29 is 9.90 Å². The lowest BCUT2D eigenvalue weighted by atomic mass is 10.2. The normalized spacial score (nSPS) is 19.3. The van der Waals surface area contributed by atoms with Crippen molar-refractivity contribution >= 4 is 40.3 Å². The minimum absolute atomic E-state index is 0.0302. The predicted molar refractivity (Wildman–Crippen MR) is 82.9 cm³/mol. The number of thiocarbonyl (C=S) groups is 1. The quantitative estimate of drug-likeness (QED) is 0.685. The number of amides is 1. The number of hydrogen-bond donors (Lipinski definition) is 1. The maximum Gasteiger partial charge on any atom is 0.266 e. The summed E-state index contributed by atoms with van der Waals surface area (Å²) < 4.78 is 0.615. The van der Waals surface area contributed by atoms with Crippen molar-refractivity contribution in [3.63, 3.8) is 0 Å². The van der Waals surface area contributed by atoms with E-state index in [0.717, 1.165) is 12.0 Å². The van der Waals surface area contributed by atoms with E-state index in [1.165, 1.54) is 11.8 Å². The Hall–Kier alpha value is -1.33. The molecule has 0 aliphatic carbocycles. The Balaban J connectivity index is 2.25. The van der Waals surface area contributed by atoms with Crippen molar-refractivity contribution in [3.8, 4) is 5.75 Å². The maximum absolute atomic E-state index is 12.3. The van der Waals surface area contributed by atoms with Crippen LogP contribution in [0.5, 0.6) is 5.75 Å². The number of carbonyl (C=O) groups excluding carboxylic acids is 1. The zero-order chi connectivity index (χ0) is 14.0. The second kappa shape index (κ2) is 5.75. The summed E-state index contributed by atoms with van der Waals surface area (Å²) in [5.41, 5.74) is 0.877. The second-order valence-corrected chi connectivity index (χ2v) is 6.08. The van der Waals surface area contributed by atoms with E-state index < -0.39 is 0 Å². The highest BCUT2D eigenvalue weighted by Gasteiger charge is 2.34. The zero-order valence-electron chi connectivity index (χ0n) is 10.8. The molecule has 3 nitrogen and oxygen atoms in total. The smallest absolute Gasteiger partial charge is 0.266 e. The number of nitrogens with zero attached hydrogens (tertiary/aromatic N) is 1. The molecule has 1 aliphatic heterocycles. The molecule has 0 saturated carbocycles. The molecule has 1 atom stereocenters. The molecule has 1 saturated heterocycles. The summed E-state index contributed by atoms with van der Waals surface area (Å²) in [5, 5.41) is 9.24. The van der Waals surface area contributed by atoms with Crippen LogP contribution in [-0.2, 0) is 4.79 Å². The molecular weight excluding hydrogens is 278 g/mol. The number of phenolic OH excluding ortho intramolecular Hbond substituents is 1. The van der Waals surface area contributed by atoms with Gasteiger partial charge in [0.15, 0.2) is 0 Å². The number of hydrogen-bond acceptors (Lipinski definition) is 4. The summed E-state index contributed by atoms with van der Waals surface area (Å²) in [4.78, 5) is 14.6. The molecule has 0 bridgehead atoms. The first-order valence-corrected chi connectivity index (χ1v) is 7.31. The number of thioether (sulfide) groups is 1. The van der Waals surface area contributed by atoms with E-state index in [4.69, 9.17) is 12.2 Å². The molecular formula is C14H15NO2S2. The van der Waals surface area contributed by atoms with Gasteiger partial charge in [-0.05, 0) is 37.1 Å². The molecule has 0 spiro atoms. The van der Waals surface area contributed by atoms with Gasteiger partial charge in [0.2, 0.25) is 0 Å². The van der Waals surface area contributed by atoms with E-state index in [1.807, 2.05) is 13.8 Å². The second-order valence-electron chi connectivity index (χ2n) is 4.40. The van der Waals surface area contributed by atoms with Crippen LogP contribution in [0.3, 0.4) is 0 Å². The molecule has 1 heterocycles. The van der Waals surface area contributed by atoms with Gasteiger partial charge in [-0.25, -0.2) is 0 Å². The number of aromatic hydroxyl groups is 1. The van der Waals surface area contributed by atoms with E-state index in [2.05, 4.69) is 0 Å². The molecule has 1 aromatic carbocycles. The van der Waals surface area contributed by atoms with Crippen LogP contribution in [0.2, 0.25) is 0 Å². The monoisotopic (exact) mass is 293 g/mol. The molecule has 1 aromatic rings. The molecule has 1 amide bonds. The van der Waals surface area contributed by atoms with Crippen LogP contribution in [0.4, 0.5) is 0 Å². The molecule has 5 heteroatoms. The van der Waals surface area contributed by atoms with Crippen LogP contribution >= 0.6 is 24.0 Å². The van der Waals surface area contributed by atoms with Gasteiger partial charge in [0.25, 0.3) is 5.91 Å². The Morgan fingerprint density at radius 1 is 1.42 bits per heavy atom. The molecule has 100 valence electrons. The first-order chi connectivity index (χ1) is 9.02. The van der Waals surface area contributed by atoms with Gasteiger partial charge < -0.3 is 5.11 Å². The summed E-state index contributed by atoms with van der Waals surface area (Å²) in [6, 6.07) is 6.86. The van der Waals surface area contributed by atoms with E-state index in [9.17, 15) is 9.90 Å². The molecule has 0 aromatic heterocycles. The van der Waals surface area contributed by atoms with Crippen LogP contribution in [0.15, 0.2) is 29.2 Å². The third-order valence-corrected chi connectivity index (χ3v) is 4.38. The summed E-state index contributed by atoms with van der Waals surface area (Å²) >= 11 is 6.59. The summed E-state index contributed by atoms with van der Waals surface area (Å²) in [7, 11) is 0. The van der Waals surface area contributed by atoms with Gasteiger partial charge in [0.1, 0.15) is 10.1 Å². The lowest BCUT2D eigenvalue weighted by molar-refractivity contribution is -0.123. The fraction of sp³-hybridized carbons (Fsp3) is 0.286. The van der Waals surface area contributed by atoms with Crippen LogP contribution in [-0.4, -0.2) is 26.3 Å². The van der Waals surface area contributed by atoms with Crippen molar-refractivity contribution in [2.24, 2.45) is 0 Å². The average molecular weight is 293 g/mol. The Kier molecular flexibility index (Phi) is 4.27. The van der Waals surface area contributed by atoms with Gasteiger partial charge in [-0.1, -0.05) is 43.0 Å². The average Bonchev–Trinajstić information content (AvgIpc) is 2.66. The van der Waals surface area contributed by atoms with Crippen LogP contribution in [0, 0.1) is 0 Å². The van der Waals surface area contributed by atoms with Gasteiger partial charge >= 0.3 is 0 Å².